The zero-order valence-electron chi connectivity index (χ0n) is 16.7. The number of likely N-dealkylation sites (N-methyl/N-ethyl adjacent to an activating group) is 1. The average Bonchev–Trinajstić information content (AvgIpc) is 2.67. The van der Waals surface area contributed by atoms with Crippen molar-refractivity contribution in [2.45, 2.75) is 49.1 Å². The predicted octanol–water partition coefficient (Wildman–Crippen LogP) is 6.50. The number of anilines is 1. The van der Waals surface area contributed by atoms with Crippen LogP contribution in [0.4, 0.5) is 29.5 Å². The molecule has 1 heterocycles. The van der Waals surface area contributed by atoms with Gasteiger partial charge in [0.15, 0.2) is 0 Å². The van der Waals surface area contributed by atoms with Crippen molar-refractivity contribution in [2.24, 2.45) is 0 Å². The number of carbonyl (C=O) groups is 1. The molecule has 1 amide bonds. The molecule has 1 atom stereocenters. The van der Waals surface area contributed by atoms with Crippen molar-refractivity contribution in [3.63, 3.8) is 0 Å². The Morgan fingerprint density at radius 2 is 1.81 bits per heavy atom. The minimum absolute atomic E-state index is 0.0159. The highest BCUT2D eigenvalue weighted by Crippen LogP contribution is 3.02. The number of amides is 1. The molecule has 172 valence electrons. The second kappa shape index (κ2) is 7.61. The summed E-state index contributed by atoms with van der Waals surface area (Å²) in [6.45, 7) is 0. The van der Waals surface area contributed by atoms with Gasteiger partial charge in [0.2, 0.25) is 5.91 Å². The number of benzene rings is 1. The Kier molecular flexibility index (Phi) is 5.71. The van der Waals surface area contributed by atoms with E-state index in [2.05, 4.69) is 10.3 Å². The van der Waals surface area contributed by atoms with Gasteiger partial charge in [0.1, 0.15) is 16.8 Å². The summed E-state index contributed by atoms with van der Waals surface area (Å²) in [5.41, 5.74) is 0.270. The number of halogens is 6. The monoisotopic (exact) mass is 467 g/mol. The molecule has 1 aliphatic rings. The summed E-state index contributed by atoms with van der Waals surface area (Å²) < 4.78 is 79.3. The van der Waals surface area contributed by atoms with Gasteiger partial charge in [-0.3, -0.25) is 9.78 Å². The van der Waals surface area contributed by atoms with Crippen LogP contribution < -0.4 is 10.2 Å². The molecule has 1 aliphatic carbocycles. The van der Waals surface area contributed by atoms with E-state index in [1.165, 1.54) is 24.3 Å². The summed E-state index contributed by atoms with van der Waals surface area (Å²) >= 11 is 0. The maximum atomic E-state index is 14.1. The molecule has 1 aromatic heterocycles. The van der Waals surface area contributed by atoms with Crippen molar-refractivity contribution < 1.29 is 28.6 Å². The third-order valence-electron chi connectivity index (χ3n) is 5.33. The minimum atomic E-state index is -10.2. The zero-order valence-corrected chi connectivity index (χ0v) is 17.5. The lowest BCUT2D eigenvalue weighted by Gasteiger charge is -2.41. The summed E-state index contributed by atoms with van der Waals surface area (Å²) in [4.78, 5) is 15.7. The Morgan fingerprint density at radius 1 is 1.13 bits per heavy atom. The smallest absolute Gasteiger partial charge is 0.313 e. The molecule has 1 saturated carbocycles. The van der Waals surface area contributed by atoms with Crippen molar-refractivity contribution in [3.05, 3.63) is 54.1 Å². The highest BCUT2D eigenvalue weighted by Gasteiger charge is 2.67. The van der Waals surface area contributed by atoms with Crippen molar-refractivity contribution in [1.82, 2.24) is 10.3 Å². The highest BCUT2D eigenvalue weighted by molar-refractivity contribution is 8.45. The molecule has 0 bridgehead atoms. The quantitative estimate of drug-likeness (QED) is 0.493. The van der Waals surface area contributed by atoms with Crippen LogP contribution in [0.3, 0.4) is 0 Å². The average molecular weight is 467 g/mol. The van der Waals surface area contributed by atoms with E-state index in [1.807, 2.05) is 0 Å². The molecule has 2 aromatic rings. The van der Waals surface area contributed by atoms with Crippen LogP contribution in [0, 0.1) is 5.82 Å². The third kappa shape index (κ3) is 5.63. The lowest BCUT2D eigenvalue weighted by molar-refractivity contribution is -0.123. The van der Waals surface area contributed by atoms with E-state index in [0.29, 0.717) is 11.6 Å². The molecule has 0 saturated heterocycles. The van der Waals surface area contributed by atoms with E-state index in [9.17, 15) is 28.6 Å². The first-order valence-corrected chi connectivity index (χ1v) is 11.7. The van der Waals surface area contributed by atoms with Gasteiger partial charge in [-0.05, 0) is 37.1 Å². The standard InChI is InChI=1S/C20H23F6N3OS/c1-29(16-9-10-18(17(21)12-16)31(22,23,24,25)26)19(14-6-5-11-27-13-14)20(30)28-15-7-3-2-4-8-15/h5-6,9-13,15,19H,2-4,7-8H2,1H3,(H,28,30). The van der Waals surface area contributed by atoms with Crippen LogP contribution in [0.15, 0.2) is 47.6 Å². The number of aromatic nitrogens is 1. The number of nitrogens with one attached hydrogen (secondary N) is 1. The van der Waals surface area contributed by atoms with Crippen LogP contribution in [0.5, 0.6) is 0 Å². The molecule has 11 heteroatoms. The first kappa shape index (κ1) is 23.2. The van der Waals surface area contributed by atoms with Crippen molar-refractivity contribution in [2.75, 3.05) is 11.9 Å². The summed E-state index contributed by atoms with van der Waals surface area (Å²) in [5.74, 6) is -2.53. The molecule has 1 unspecified atom stereocenters. The van der Waals surface area contributed by atoms with E-state index >= 15 is 0 Å². The van der Waals surface area contributed by atoms with E-state index in [-0.39, 0.29) is 17.8 Å². The largest absolute Gasteiger partial charge is 0.359 e. The fourth-order valence-electron chi connectivity index (χ4n) is 3.79. The van der Waals surface area contributed by atoms with E-state index < -0.39 is 32.9 Å². The molecule has 1 N–H and O–H groups in total. The van der Waals surface area contributed by atoms with Crippen molar-refractivity contribution in [1.29, 1.82) is 0 Å². The van der Waals surface area contributed by atoms with Crippen LogP contribution in [0.2, 0.25) is 0 Å². The lowest BCUT2D eigenvalue weighted by Crippen LogP contribution is -2.44. The van der Waals surface area contributed by atoms with Gasteiger partial charge >= 0.3 is 10.2 Å². The summed E-state index contributed by atoms with van der Waals surface area (Å²) in [6.07, 6.45) is 7.55. The van der Waals surface area contributed by atoms with Gasteiger partial charge in [0.05, 0.1) is 0 Å². The topological polar surface area (TPSA) is 45.2 Å². The van der Waals surface area contributed by atoms with Gasteiger partial charge in [-0.15, -0.1) is 0 Å². The number of hydrogen-bond acceptors (Lipinski definition) is 3. The van der Waals surface area contributed by atoms with Crippen LogP contribution in [-0.2, 0) is 4.79 Å². The molecule has 31 heavy (non-hydrogen) atoms. The molecule has 3 rings (SSSR count). The van der Waals surface area contributed by atoms with Crippen molar-refractivity contribution in [3.8, 4) is 0 Å². The van der Waals surface area contributed by atoms with Crippen molar-refractivity contribution >= 4 is 21.8 Å². The van der Waals surface area contributed by atoms with Crippen LogP contribution in [-0.4, -0.2) is 24.0 Å². The normalized spacial score (nSPS) is 18.5. The van der Waals surface area contributed by atoms with Gasteiger partial charge in [0.25, 0.3) is 0 Å². The number of pyridine rings is 1. The minimum Gasteiger partial charge on any atom is -0.359 e. The highest BCUT2D eigenvalue weighted by atomic mass is 32.5. The fourth-order valence-corrected chi connectivity index (χ4v) is 4.54. The number of nitrogens with zero attached hydrogens (tertiary/aromatic N) is 2. The maximum absolute atomic E-state index is 14.1. The van der Waals surface area contributed by atoms with Crippen LogP contribution in [0.1, 0.15) is 43.7 Å². The van der Waals surface area contributed by atoms with E-state index in [0.717, 1.165) is 38.2 Å². The van der Waals surface area contributed by atoms with Gasteiger partial charge in [-0.2, -0.15) is 0 Å². The molecule has 0 radical (unpaired) electrons. The van der Waals surface area contributed by atoms with Gasteiger partial charge in [-0.1, -0.05) is 44.8 Å². The number of hydrogen-bond donors (Lipinski definition) is 1. The summed E-state index contributed by atoms with van der Waals surface area (Å²) in [7, 11) is -8.80. The Morgan fingerprint density at radius 3 is 2.35 bits per heavy atom. The Bertz CT molecular complexity index is 949. The van der Waals surface area contributed by atoms with E-state index in [1.54, 1.807) is 12.1 Å². The molecular weight excluding hydrogens is 444 g/mol. The second-order valence-corrected chi connectivity index (χ2v) is 10.1. The summed E-state index contributed by atoms with van der Waals surface area (Å²) in [6, 6.07) is 3.22. The molecule has 0 spiro atoms. The summed E-state index contributed by atoms with van der Waals surface area (Å²) in [5, 5.41) is 2.93. The predicted molar refractivity (Wildman–Crippen MR) is 108 cm³/mol. The number of carbonyl (C=O) groups excluding carboxylic acids is 1. The van der Waals surface area contributed by atoms with Gasteiger partial charge in [-0.25, -0.2) is 4.39 Å². The fraction of sp³-hybridized carbons (Fsp3) is 0.400. The number of rotatable bonds is 6. The Hall–Kier alpha value is -2.43. The Labute approximate surface area is 176 Å². The Balaban J connectivity index is 1.94. The maximum Gasteiger partial charge on any atom is 0.313 e. The lowest BCUT2D eigenvalue weighted by atomic mass is 9.95. The third-order valence-corrected chi connectivity index (χ3v) is 6.49. The zero-order chi connectivity index (χ0) is 22.9. The SMILES string of the molecule is CN(c1ccc(S(F)(F)(F)(F)F)c(F)c1)C(C(=O)NC1CCCCC1)c1cccnc1. The molecular formula is C20H23F6N3OS. The first-order chi connectivity index (χ1) is 14.3. The first-order valence-electron chi connectivity index (χ1n) is 9.73. The molecule has 1 aromatic carbocycles. The molecule has 1 fully saturated rings. The van der Waals surface area contributed by atoms with Gasteiger partial charge in [0, 0.05) is 36.7 Å². The van der Waals surface area contributed by atoms with Gasteiger partial charge < -0.3 is 10.2 Å². The van der Waals surface area contributed by atoms with Crippen LogP contribution in [0.25, 0.3) is 0 Å². The van der Waals surface area contributed by atoms with Crippen LogP contribution >= 0.6 is 10.2 Å². The molecule has 0 aliphatic heterocycles. The van der Waals surface area contributed by atoms with E-state index in [4.69, 9.17) is 0 Å². The second-order valence-electron chi connectivity index (χ2n) is 7.73. The molecule has 4 nitrogen and oxygen atoms in total.